The van der Waals surface area contributed by atoms with Crippen LogP contribution >= 0.6 is 0 Å². The molecule has 4 aromatic rings. The third kappa shape index (κ3) is 3.51. The predicted molar refractivity (Wildman–Crippen MR) is 116 cm³/mol. The third-order valence-corrected chi connectivity index (χ3v) is 5.96. The van der Waals surface area contributed by atoms with Gasteiger partial charge in [0.2, 0.25) is 18.6 Å². The van der Waals surface area contributed by atoms with Crippen LogP contribution in [0.2, 0.25) is 0 Å². The molecular weight excluding hydrogens is 426 g/mol. The fraction of sp³-hybridized carbons (Fsp3) is 0.250. The van der Waals surface area contributed by atoms with Crippen LogP contribution in [0.5, 0.6) is 11.5 Å². The summed E-state index contributed by atoms with van der Waals surface area (Å²) in [6.07, 6.45) is 1.59. The zero-order valence-electron chi connectivity index (χ0n) is 17.5. The quantitative estimate of drug-likeness (QED) is 0.471. The summed E-state index contributed by atoms with van der Waals surface area (Å²) in [5, 5.41) is 8.87. The number of benzene rings is 2. The molecule has 0 aliphatic carbocycles. The van der Waals surface area contributed by atoms with Gasteiger partial charge in [-0.3, -0.25) is 9.59 Å². The van der Waals surface area contributed by atoms with Gasteiger partial charge in [0.05, 0.1) is 11.3 Å². The zero-order valence-corrected chi connectivity index (χ0v) is 17.5. The molecule has 0 radical (unpaired) electrons. The number of rotatable bonds is 3. The first kappa shape index (κ1) is 19.5. The fourth-order valence-electron chi connectivity index (χ4n) is 4.27. The minimum Gasteiger partial charge on any atom is -0.454 e. The molecule has 6 rings (SSSR count). The zero-order chi connectivity index (χ0) is 22.4. The van der Waals surface area contributed by atoms with Crippen LogP contribution in [0, 0.1) is 0 Å². The van der Waals surface area contributed by atoms with E-state index in [0.717, 1.165) is 18.4 Å². The van der Waals surface area contributed by atoms with Gasteiger partial charge in [-0.1, -0.05) is 12.1 Å². The average molecular weight is 445 g/mol. The molecule has 1 amide bonds. The maximum absolute atomic E-state index is 13.1. The van der Waals surface area contributed by atoms with Crippen molar-refractivity contribution in [1.82, 2.24) is 15.1 Å². The van der Waals surface area contributed by atoms with Gasteiger partial charge < -0.3 is 23.2 Å². The van der Waals surface area contributed by atoms with E-state index in [1.54, 1.807) is 41.3 Å². The number of para-hydroxylation sites is 1. The highest BCUT2D eigenvalue weighted by atomic mass is 16.7. The van der Waals surface area contributed by atoms with Crippen molar-refractivity contribution in [3.05, 3.63) is 70.4 Å². The minimum atomic E-state index is -0.321. The van der Waals surface area contributed by atoms with Crippen LogP contribution in [0.3, 0.4) is 0 Å². The van der Waals surface area contributed by atoms with E-state index >= 15 is 0 Å². The lowest BCUT2D eigenvalue weighted by Crippen LogP contribution is -2.39. The molecule has 33 heavy (non-hydrogen) atoms. The van der Waals surface area contributed by atoms with Crippen LogP contribution < -0.4 is 14.9 Å². The number of amides is 1. The number of fused-ring (bicyclic) bond motifs is 2. The van der Waals surface area contributed by atoms with Crippen LogP contribution in [-0.2, 0) is 0 Å². The molecule has 2 aromatic heterocycles. The Morgan fingerprint density at radius 2 is 1.88 bits per heavy atom. The van der Waals surface area contributed by atoms with Gasteiger partial charge in [0.15, 0.2) is 22.7 Å². The lowest BCUT2D eigenvalue weighted by atomic mass is 9.98. The number of piperidine rings is 1. The lowest BCUT2D eigenvalue weighted by Gasteiger charge is -2.30. The predicted octanol–water partition coefficient (Wildman–Crippen LogP) is 3.59. The van der Waals surface area contributed by atoms with E-state index in [-0.39, 0.29) is 29.8 Å². The number of aromatic nitrogens is 2. The molecule has 166 valence electrons. The number of likely N-dealkylation sites (tertiary alicyclic amines) is 1. The Balaban J connectivity index is 1.22. The highest BCUT2D eigenvalue weighted by Crippen LogP contribution is 2.36. The number of carbonyl (C=O) groups is 1. The van der Waals surface area contributed by atoms with E-state index in [9.17, 15) is 9.59 Å². The highest BCUT2D eigenvalue weighted by Gasteiger charge is 2.30. The maximum atomic E-state index is 13.1. The summed E-state index contributed by atoms with van der Waals surface area (Å²) < 4.78 is 22.4. The Morgan fingerprint density at radius 1 is 1.00 bits per heavy atom. The molecule has 0 saturated carbocycles. The number of hydrogen-bond donors (Lipinski definition) is 0. The second kappa shape index (κ2) is 7.77. The van der Waals surface area contributed by atoms with Gasteiger partial charge in [0.25, 0.3) is 5.91 Å². The summed E-state index contributed by atoms with van der Waals surface area (Å²) in [4.78, 5) is 27.2. The summed E-state index contributed by atoms with van der Waals surface area (Å²) in [6, 6.07) is 13.6. The number of ether oxygens (including phenoxy) is 2. The third-order valence-electron chi connectivity index (χ3n) is 5.96. The molecule has 2 aliphatic rings. The molecule has 2 aliphatic heterocycles. The van der Waals surface area contributed by atoms with Gasteiger partial charge in [-0.25, -0.2) is 0 Å². The minimum absolute atomic E-state index is 0.0333. The van der Waals surface area contributed by atoms with E-state index in [0.29, 0.717) is 47.3 Å². The van der Waals surface area contributed by atoms with E-state index in [1.165, 1.54) is 6.07 Å². The summed E-state index contributed by atoms with van der Waals surface area (Å²) in [5.41, 5.74) is 0.894. The largest absolute Gasteiger partial charge is 0.454 e. The molecule has 0 bridgehead atoms. The first-order valence-corrected chi connectivity index (χ1v) is 10.7. The Labute approximate surface area is 187 Å². The number of carbonyl (C=O) groups excluding carboxylic acids is 1. The van der Waals surface area contributed by atoms with Crippen LogP contribution in [0.15, 0.2) is 62.2 Å². The van der Waals surface area contributed by atoms with Crippen molar-refractivity contribution >= 4 is 16.9 Å². The average Bonchev–Trinajstić information content (AvgIpc) is 3.53. The topological polar surface area (TPSA) is 108 Å². The first-order valence-electron chi connectivity index (χ1n) is 10.7. The second-order valence-corrected chi connectivity index (χ2v) is 8.07. The second-order valence-electron chi connectivity index (χ2n) is 8.07. The monoisotopic (exact) mass is 445 g/mol. The van der Waals surface area contributed by atoms with Crippen molar-refractivity contribution in [2.24, 2.45) is 0 Å². The van der Waals surface area contributed by atoms with Gasteiger partial charge in [-0.15, -0.1) is 10.2 Å². The summed E-state index contributed by atoms with van der Waals surface area (Å²) >= 11 is 0. The molecule has 1 fully saturated rings. The van der Waals surface area contributed by atoms with Gasteiger partial charge >= 0.3 is 0 Å². The Bertz CT molecular complexity index is 1430. The summed E-state index contributed by atoms with van der Waals surface area (Å²) in [5.74, 6) is 1.78. The molecule has 0 N–H and O–H groups in total. The first-order chi connectivity index (χ1) is 16.2. The Kier molecular flexibility index (Phi) is 4.60. The maximum Gasteiger partial charge on any atom is 0.289 e. The Morgan fingerprint density at radius 3 is 2.82 bits per heavy atom. The molecular formula is C24H19N3O6. The van der Waals surface area contributed by atoms with Crippen LogP contribution in [-0.4, -0.2) is 40.9 Å². The molecule has 1 unspecified atom stereocenters. The summed E-state index contributed by atoms with van der Waals surface area (Å²) in [6.45, 7) is 1.16. The molecule has 1 atom stereocenters. The van der Waals surface area contributed by atoms with E-state index in [2.05, 4.69) is 10.2 Å². The molecule has 1 saturated heterocycles. The van der Waals surface area contributed by atoms with Crippen LogP contribution in [0.25, 0.3) is 22.4 Å². The van der Waals surface area contributed by atoms with Crippen molar-refractivity contribution in [3.8, 4) is 23.0 Å². The van der Waals surface area contributed by atoms with Crippen molar-refractivity contribution in [1.29, 1.82) is 0 Å². The van der Waals surface area contributed by atoms with Crippen molar-refractivity contribution in [3.63, 3.8) is 0 Å². The standard InChI is InChI=1S/C24H19N3O6/c28-17-11-21(32-18-6-2-1-5-16(17)18)24(29)27-9-3-4-15(12-27)23-26-25-22(33-23)14-7-8-19-20(10-14)31-13-30-19/h1-2,5-8,10-11,15H,3-4,9,12-13H2. The fourth-order valence-corrected chi connectivity index (χ4v) is 4.27. The Hall–Kier alpha value is -4.14. The number of hydrogen-bond acceptors (Lipinski definition) is 8. The van der Waals surface area contributed by atoms with Gasteiger partial charge in [-0.2, -0.15) is 0 Å². The summed E-state index contributed by atoms with van der Waals surface area (Å²) in [7, 11) is 0. The molecule has 9 nitrogen and oxygen atoms in total. The molecule has 9 heteroatoms. The van der Waals surface area contributed by atoms with Gasteiger partial charge in [0.1, 0.15) is 5.58 Å². The molecule has 0 spiro atoms. The normalized spacial score (nSPS) is 17.5. The van der Waals surface area contributed by atoms with E-state index in [4.69, 9.17) is 18.3 Å². The van der Waals surface area contributed by atoms with Crippen LogP contribution in [0.4, 0.5) is 0 Å². The SMILES string of the molecule is O=C(c1cc(=O)c2ccccc2o1)N1CCCC(c2nnc(-c3ccc4c(c3)OCO4)o2)C1. The molecule has 4 heterocycles. The lowest BCUT2D eigenvalue weighted by molar-refractivity contribution is 0.0667. The van der Waals surface area contributed by atoms with Gasteiger partial charge in [0, 0.05) is 24.7 Å². The highest BCUT2D eigenvalue weighted by molar-refractivity contribution is 5.93. The van der Waals surface area contributed by atoms with E-state index in [1.807, 2.05) is 6.07 Å². The number of nitrogens with zero attached hydrogens (tertiary/aromatic N) is 3. The van der Waals surface area contributed by atoms with Crippen molar-refractivity contribution in [2.75, 3.05) is 19.9 Å². The van der Waals surface area contributed by atoms with E-state index < -0.39 is 0 Å². The van der Waals surface area contributed by atoms with Crippen LogP contribution in [0.1, 0.15) is 35.2 Å². The van der Waals surface area contributed by atoms with Crippen molar-refractivity contribution < 1.29 is 23.1 Å². The van der Waals surface area contributed by atoms with Crippen molar-refractivity contribution in [2.45, 2.75) is 18.8 Å². The molecule has 2 aromatic carbocycles. The smallest absolute Gasteiger partial charge is 0.289 e. The van der Waals surface area contributed by atoms with Gasteiger partial charge in [-0.05, 0) is 43.2 Å².